The maximum Gasteiger partial charge on any atom is 0.261 e. The molecular formula is C18H17FN6O. The van der Waals surface area contributed by atoms with Gasteiger partial charge in [-0.15, -0.1) is 5.10 Å². The molecule has 1 fully saturated rings. The van der Waals surface area contributed by atoms with E-state index < -0.39 is 5.82 Å². The van der Waals surface area contributed by atoms with E-state index in [4.69, 9.17) is 0 Å². The average molecular weight is 352 g/mol. The van der Waals surface area contributed by atoms with E-state index in [-0.39, 0.29) is 5.56 Å². The highest BCUT2D eigenvalue weighted by atomic mass is 19.1. The summed E-state index contributed by atoms with van der Waals surface area (Å²) in [7, 11) is 1.65. The first-order chi connectivity index (χ1) is 12.5. The molecule has 0 saturated heterocycles. The number of benzene rings is 1. The summed E-state index contributed by atoms with van der Waals surface area (Å²) in [6, 6.07) is 4.18. The molecule has 0 radical (unpaired) electrons. The van der Waals surface area contributed by atoms with Gasteiger partial charge >= 0.3 is 0 Å². The summed E-state index contributed by atoms with van der Waals surface area (Å²) in [6.07, 6.45) is 5.63. The van der Waals surface area contributed by atoms with E-state index in [2.05, 4.69) is 22.2 Å². The summed E-state index contributed by atoms with van der Waals surface area (Å²) in [4.78, 5) is 17.1. The van der Waals surface area contributed by atoms with Crippen LogP contribution >= 0.6 is 0 Å². The van der Waals surface area contributed by atoms with Gasteiger partial charge in [0.05, 0.1) is 22.8 Å². The van der Waals surface area contributed by atoms with E-state index in [1.165, 1.54) is 23.1 Å². The summed E-state index contributed by atoms with van der Waals surface area (Å²) < 4.78 is 18.4. The van der Waals surface area contributed by atoms with Crippen molar-refractivity contribution in [3.05, 3.63) is 52.6 Å². The highest BCUT2D eigenvalue weighted by Gasteiger charge is 2.33. The van der Waals surface area contributed by atoms with Crippen molar-refractivity contribution in [3.8, 4) is 5.82 Å². The third-order valence-electron chi connectivity index (χ3n) is 5.30. The van der Waals surface area contributed by atoms with E-state index in [0.29, 0.717) is 28.3 Å². The molecule has 0 N–H and O–H groups in total. The summed E-state index contributed by atoms with van der Waals surface area (Å²) in [5.74, 6) is 1.52. The minimum absolute atomic E-state index is 0.277. The second kappa shape index (κ2) is 5.23. The first-order valence-electron chi connectivity index (χ1n) is 8.60. The van der Waals surface area contributed by atoms with Crippen molar-refractivity contribution in [2.75, 3.05) is 0 Å². The molecule has 1 aromatic carbocycles. The molecule has 1 saturated carbocycles. The summed E-state index contributed by atoms with van der Waals surface area (Å²) in [6.45, 7) is 2.24. The SMILES string of the molecule is CC1CC1Cc1cn(-c2ncn3c4ccc(F)cc4c(=O)n(C)c23)nn1. The molecule has 8 heteroatoms. The molecule has 2 atom stereocenters. The van der Waals surface area contributed by atoms with Crippen LogP contribution < -0.4 is 5.56 Å². The van der Waals surface area contributed by atoms with Gasteiger partial charge in [-0.05, 0) is 42.9 Å². The van der Waals surface area contributed by atoms with Crippen molar-refractivity contribution in [2.45, 2.75) is 19.8 Å². The number of aryl methyl sites for hydroxylation is 1. The topological polar surface area (TPSA) is 70.0 Å². The van der Waals surface area contributed by atoms with Gasteiger partial charge in [0.1, 0.15) is 12.1 Å². The molecule has 4 aromatic rings. The molecule has 0 aliphatic heterocycles. The zero-order valence-corrected chi connectivity index (χ0v) is 14.4. The normalized spacial score (nSPS) is 19.5. The van der Waals surface area contributed by atoms with Gasteiger partial charge in [0.2, 0.25) is 0 Å². The number of nitrogens with zero attached hydrogens (tertiary/aromatic N) is 6. The van der Waals surface area contributed by atoms with Crippen LogP contribution in [-0.2, 0) is 13.5 Å². The van der Waals surface area contributed by atoms with E-state index in [0.717, 1.165) is 18.0 Å². The molecule has 1 aliphatic carbocycles. The minimum Gasteiger partial charge on any atom is -0.294 e. The van der Waals surface area contributed by atoms with Crippen LogP contribution in [0.1, 0.15) is 19.0 Å². The van der Waals surface area contributed by atoms with Crippen molar-refractivity contribution in [2.24, 2.45) is 18.9 Å². The summed E-state index contributed by atoms with van der Waals surface area (Å²) in [5, 5.41) is 8.75. The fourth-order valence-electron chi connectivity index (χ4n) is 3.60. The van der Waals surface area contributed by atoms with Crippen molar-refractivity contribution in [3.63, 3.8) is 0 Å². The molecule has 132 valence electrons. The monoisotopic (exact) mass is 352 g/mol. The van der Waals surface area contributed by atoms with Crippen LogP contribution in [0.2, 0.25) is 0 Å². The van der Waals surface area contributed by atoms with E-state index in [9.17, 15) is 9.18 Å². The fourth-order valence-corrected chi connectivity index (χ4v) is 3.60. The molecule has 0 spiro atoms. The number of hydrogen-bond acceptors (Lipinski definition) is 4. The van der Waals surface area contributed by atoms with Crippen LogP contribution in [0.25, 0.3) is 22.4 Å². The Kier molecular flexibility index (Phi) is 3.07. The Hall–Kier alpha value is -3.03. The zero-order valence-electron chi connectivity index (χ0n) is 14.4. The standard InChI is InChI=1S/C18H17FN6O/c1-10-5-11(10)6-13-8-25(22-21-13)16-17-23(2)18(26)14-7-12(19)3-4-15(14)24(17)9-20-16/h3-4,7-11H,5-6H2,1-2H3. The highest BCUT2D eigenvalue weighted by Crippen LogP contribution is 2.39. The Morgan fingerprint density at radius 2 is 2.15 bits per heavy atom. The van der Waals surface area contributed by atoms with Crippen LogP contribution in [0, 0.1) is 17.7 Å². The number of fused-ring (bicyclic) bond motifs is 3. The maximum absolute atomic E-state index is 13.6. The Bertz CT molecular complexity index is 1220. The van der Waals surface area contributed by atoms with E-state index in [1.807, 2.05) is 6.20 Å². The molecule has 1 aliphatic rings. The lowest BCUT2D eigenvalue weighted by molar-refractivity contribution is 0.629. The van der Waals surface area contributed by atoms with Gasteiger partial charge < -0.3 is 0 Å². The van der Waals surface area contributed by atoms with Gasteiger partial charge in [-0.25, -0.2) is 9.37 Å². The van der Waals surface area contributed by atoms with Crippen LogP contribution in [0.15, 0.2) is 35.5 Å². The lowest BCUT2D eigenvalue weighted by Gasteiger charge is -2.08. The average Bonchev–Trinajstić information content (AvgIpc) is 3.03. The third kappa shape index (κ3) is 2.18. The van der Waals surface area contributed by atoms with Gasteiger partial charge in [0, 0.05) is 7.05 Å². The van der Waals surface area contributed by atoms with Crippen molar-refractivity contribution < 1.29 is 4.39 Å². The second-order valence-electron chi connectivity index (χ2n) is 7.12. The lowest BCUT2D eigenvalue weighted by Crippen LogP contribution is -2.20. The van der Waals surface area contributed by atoms with E-state index >= 15 is 0 Å². The molecule has 0 bridgehead atoms. The van der Waals surface area contributed by atoms with Gasteiger partial charge in [0.25, 0.3) is 5.56 Å². The van der Waals surface area contributed by atoms with Crippen LogP contribution in [0.4, 0.5) is 4.39 Å². The Labute approximate surface area is 147 Å². The number of rotatable bonds is 3. The molecule has 3 heterocycles. The highest BCUT2D eigenvalue weighted by molar-refractivity contribution is 5.82. The predicted molar refractivity (Wildman–Crippen MR) is 93.8 cm³/mol. The smallest absolute Gasteiger partial charge is 0.261 e. The number of aromatic nitrogens is 6. The molecule has 3 aromatic heterocycles. The zero-order chi connectivity index (χ0) is 18.0. The van der Waals surface area contributed by atoms with Crippen LogP contribution in [0.3, 0.4) is 0 Å². The second-order valence-corrected chi connectivity index (χ2v) is 7.12. The van der Waals surface area contributed by atoms with Gasteiger partial charge in [0.15, 0.2) is 11.5 Å². The first kappa shape index (κ1) is 15.2. The van der Waals surface area contributed by atoms with Crippen LogP contribution in [-0.4, -0.2) is 28.9 Å². The summed E-state index contributed by atoms with van der Waals surface area (Å²) in [5.41, 5.74) is 1.84. The molecule has 0 amide bonds. The largest absolute Gasteiger partial charge is 0.294 e. The molecule has 2 unspecified atom stereocenters. The molecular weight excluding hydrogens is 335 g/mol. The third-order valence-corrected chi connectivity index (χ3v) is 5.30. The quantitative estimate of drug-likeness (QED) is 0.566. The van der Waals surface area contributed by atoms with Gasteiger partial charge in [-0.3, -0.25) is 13.8 Å². The van der Waals surface area contributed by atoms with Crippen molar-refractivity contribution in [1.82, 2.24) is 28.9 Å². The van der Waals surface area contributed by atoms with Crippen molar-refractivity contribution >= 4 is 16.6 Å². The number of imidazole rings is 1. The van der Waals surface area contributed by atoms with Crippen LogP contribution in [0.5, 0.6) is 0 Å². The van der Waals surface area contributed by atoms with Gasteiger partial charge in [-0.1, -0.05) is 12.1 Å². The minimum atomic E-state index is -0.440. The lowest BCUT2D eigenvalue weighted by atomic mass is 10.2. The fraction of sp³-hybridized carbons (Fsp3) is 0.333. The Morgan fingerprint density at radius 3 is 2.92 bits per heavy atom. The number of halogens is 1. The summed E-state index contributed by atoms with van der Waals surface area (Å²) >= 11 is 0. The predicted octanol–water partition coefficient (Wildman–Crippen LogP) is 2.10. The first-order valence-corrected chi connectivity index (χ1v) is 8.60. The Morgan fingerprint density at radius 1 is 1.35 bits per heavy atom. The number of hydrogen-bond donors (Lipinski definition) is 0. The van der Waals surface area contributed by atoms with E-state index in [1.54, 1.807) is 28.5 Å². The van der Waals surface area contributed by atoms with Gasteiger partial charge in [-0.2, -0.15) is 4.68 Å². The van der Waals surface area contributed by atoms with Crippen molar-refractivity contribution in [1.29, 1.82) is 0 Å². The molecule has 5 rings (SSSR count). The molecule has 7 nitrogen and oxygen atoms in total. The maximum atomic E-state index is 13.6. The molecule has 26 heavy (non-hydrogen) atoms. The Balaban J connectivity index is 1.69.